The van der Waals surface area contributed by atoms with Gasteiger partial charge in [-0.2, -0.15) is 0 Å². The third-order valence-corrected chi connectivity index (χ3v) is 10.1. The van der Waals surface area contributed by atoms with E-state index in [0.29, 0.717) is 38.8 Å². The molecule has 7 atom stereocenters. The Hall–Kier alpha value is -4.28. The second kappa shape index (κ2) is 16.4. The molecule has 10 nitrogen and oxygen atoms in total. The molecule has 3 aliphatic rings. The molecule has 0 aliphatic carbocycles. The van der Waals surface area contributed by atoms with Gasteiger partial charge < -0.3 is 29.7 Å². The monoisotopic (exact) mass is 671 g/mol. The van der Waals surface area contributed by atoms with E-state index in [1.165, 1.54) is 4.90 Å². The highest BCUT2D eigenvalue weighted by Crippen LogP contribution is 2.59. The number of amides is 3. The van der Waals surface area contributed by atoms with Gasteiger partial charge in [0, 0.05) is 19.5 Å². The van der Waals surface area contributed by atoms with Crippen molar-refractivity contribution in [2.24, 2.45) is 11.8 Å². The molecule has 2 bridgehead atoms. The van der Waals surface area contributed by atoms with Gasteiger partial charge in [-0.05, 0) is 43.2 Å². The predicted octanol–water partition coefficient (Wildman–Crippen LogP) is 4.15. The van der Waals surface area contributed by atoms with Crippen LogP contribution in [0.2, 0.25) is 0 Å². The van der Waals surface area contributed by atoms with E-state index in [9.17, 15) is 24.3 Å². The minimum Gasteiger partial charge on any atom is -0.463 e. The Labute approximate surface area is 289 Å². The molecule has 2 N–H and O–H groups in total. The van der Waals surface area contributed by atoms with Crippen molar-refractivity contribution < 1.29 is 33.8 Å². The van der Waals surface area contributed by atoms with Crippen molar-refractivity contribution >= 4 is 23.7 Å². The number of allylic oxidation sites excluding steroid dienone is 1. The third kappa shape index (κ3) is 7.50. The Bertz CT molecular complexity index is 1480. The number of hydrogen-bond donors (Lipinski definition) is 2. The Morgan fingerprint density at radius 1 is 1.12 bits per heavy atom. The number of nitrogens with one attached hydrogen (secondary N) is 1. The van der Waals surface area contributed by atoms with Gasteiger partial charge in [0.05, 0.1) is 36.6 Å². The highest BCUT2D eigenvalue weighted by molar-refractivity contribution is 5.99. The Morgan fingerprint density at radius 3 is 2.49 bits per heavy atom. The predicted molar refractivity (Wildman–Crippen MR) is 185 cm³/mol. The van der Waals surface area contributed by atoms with Gasteiger partial charge in [0.25, 0.3) is 0 Å². The van der Waals surface area contributed by atoms with Gasteiger partial charge in [0.2, 0.25) is 17.7 Å². The Morgan fingerprint density at radius 2 is 1.84 bits per heavy atom. The van der Waals surface area contributed by atoms with Crippen LogP contribution >= 0.6 is 0 Å². The first-order valence-corrected chi connectivity index (χ1v) is 17.5. The fourth-order valence-electron chi connectivity index (χ4n) is 7.81. The van der Waals surface area contributed by atoms with Gasteiger partial charge in [-0.25, -0.2) is 0 Å². The molecule has 49 heavy (non-hydrogen) atoms. The minimum atomic E-state index is -1.23. The largest absolute Gasteiger partial charge is 0.463 e. The van der Waals surface area contributed by atoms with Crippen molar-refractivity contribution in [2.75, 3.05) is 26.3 Å². The van der Waals surface area contributed by atoms with Crippen LogP contribution in [0.5, 0.6) is 0 Å². The molecular formula is C39H49N3O7. The van der Waals surface area contributed by atoms with Crippen LogP contribution in [0, 0.1) is 11.8 Å². The molecule has 3 amide bonds. The van der Waals surface area contributed by atoms with Crippen LogP contribution in [0.4, 0.5) is 0 Å². The molecule has 0 aromatic heterocycles. The maximum absolute atomic E-state index is 14.7. The number of aliphatic hydroxyl groups is 1. The van der Waals surface area contributed by atoms with E-state index in [2.05, 4.69) is 18.5 Å². The lowest BCUT2D eigenvalue weighted by Crippen LogP contribution is -2.59. The second-order valence-corrected chi connectivity index (χ2v) is 13.2. The number of nitrogens with zero attached hydrogens (tertiary/aromatic N) is 2. The van der Waals surface area contributed by atoms with Crippen LogP contribution < -0.4 is 5.32 Å². The maximum atomic E-state index is 14.7. The van der Waals surface area contributed by atoms with Crippen LogP contribution in [0.25, 0.3) is 0 Å². The number of likely N-dealkylation sites (tertiary alicyclic amines) is 1. The first-order valence-electron chi connectivity index (χ1n) is 17.5. The molecule has 3 aliphatic heterocycles. The minimum absolute atomic E-state index is 0.0848. The molecule has 3 fully saturated rings. The summed E-state index contributed by atoms with van der Waals surface area (Å²) < 4.78 is 12.2. The van der Waals surface area contributed by atoms with Crippen molar-refractivity contribution in [1.82, 2.24) is 15.1 Å². The molecule has 0 radical (unpaired) electrons. The molecule has 262 valence electrons. The van der Waals surface area contributed by atoms with E-state index in [1.807, 2.05) is 67.6 Å². The zero-order chi connectivity index (χ0) is 35.0. The van der Waals surface area contributed by atoms with Crippen LogP contribution in [0.1, 0.15) is 62.6 Å². The van der Waals surface area contributed by atoms with Crippen molar-refractivity contribution in [3.63, 3.8) is 0 Å². The van der Waals surface area contributed by atoms with E-state index >= 15 is 0 Å². The van der Waals surface area contributed by atoms with E-state index in [-0.39, 0.29) is 31.4 Å². The van der Waals surface area contributed by atoms with Crippen molar-refractivity contribution in [3.05, 3.63) is 97.1 Å². The highest BCUT2D eigenvalue weighted by atomic mass is 16.5. The molecule has 0 saturated carbocycles. The number of unbranched alkanes of at least 4 members (excludes halogenated alkanes) is 1. The van der Waals surface area contributed by atoms with E-state index in [4.69, 9.17) is 9.47 Å². The number of esters is 1. The molecule has 5 rings (SSSR count). The topological polar surface area (TPSA) is 125 Å². The zero-order valence-corrected chi connectivity index (χ0v) is 28.4. The number of aliphatic hydroxyl groups excluding tert-OH is 1. The van der Waals surface area contributed by atoms with Gasteiger partial charge >= 0.3 is 5.97 Å². The number of carbonyl (C=O) groups is 4. The van der Waals surface area contributed by atoms with Crippen LogP contribution in [-0.4, -0.2) is 88.7 Å². The van der Waals surface area contributed by atoms with E-state index < -0.39 is 53.5 Å². The summed E-state index contributed by atoms with van der Waals surface area (Å²) in [7, 11) is 0. The smallest absolute Gasteiger partial charge is 0.306 e. The SMILES string of the molecule is C=CCCC(=O)OC[C@H](NC(=O)[C@@H]1[C@@H]2CC[C@]3(O2)[C@H](C(=O)N(CC=C)CCCC)N([C@@H](CO)Cc2ccccc2)C(=O)[C@@H]13)c1ccccc1. The van der Waals surface area contributed by atoms with E-state index in [0.717, 1.165) is 24.0 Å². The van der Waals surface area contributed by atoms with Gasteiger partial charge in [0.1, 0.15) is 18.2 Å². The summed E-state index contributed by atoms with van der Waals surface area (Å²) in [6.07, 6.45) is 6.34. The molecule has 1 spiro atoms. The Balaban J connectivity index is 1.48. The summed E-state index contributed by atoms with van der Waals surface area (Å²) in [4.78, 5) is 59.3. The van der Waals surface area contributed by atoms with Gasteiger partial charge in [-0.3, -0.25) is 19.2 Å². The van der Waals surface area contributed by atoms with E-state index in [1.54, 1.807) is 17.1 Å². The Kier molecular flexibility index (Phi) is 12.1. The van der Waals surface area contributed by atoms with Crippen molar-refractivity contribution in [1.29, 1.82) is 0 Å². The molecule has 3 saturated heterocycles. The summed E-state index contributed by atoms with van der Waals surface area (Å²) in [5, 5.41) is 13.8. The fourth-order valence-corrected chi connectivity index (χ4v) is 7.81. The fraction of sp³-hybridized carbons (Fsp3) is 0.487. The highest BCUT2D eigenvalue weighted by Gasteiger charge is 2.75. The standard InChI is InChI=1S/C39H49N3O7/c1-4-7-19-32(44)48-26-30(28-17-13-10-14-18-28)40-36(45)33-31-20-21-39(49-31)34(33)37(46)42(29(25-43)24-27-15-11-9-12-16-27)35(39)38(47)41(22-6-3)23-8-5-2/h4,6,9-18,29-31,33-35,43H,1,3,5,7-8,19-26H2,2H3,(H,40,45)/t29-,30+,31+,33-,34-,35+,39-/m1/s1. The van der Waals surface area contributed by atoms with Crippen LogP contribution in [-0.2, 0) is 35.1 Å². The average molecular weight is 672 g/mol. The number of benzene rings is 2. The van der Waals surface area contributed by atoms with Gasteiger partial charge in [-0.15, -0.1) is 13.2 Å². The first-order chi connectivity index (χ1) is 23.8. The normalized spacial score (nSPS) is 24.9. The number of fused-ring (bicyclic) bond motifs is 1. The second-order valence-electron chi connectivity index (χ2n) is 13.2. The molecule has 2 aromatic carbocycles. The van der Waals surface area contributed by atoms with Gasteiger partial charge in [0.15, 0.2) is 0 Å². The number of hydrogen-bond acceptors (Lipinski definition) is 7. The summed E-state index contributed by atoms with van der Waals surface area (Å²) in [5.74, 6) is -3.22. The molecule has 10 heteroatoms. The lowest BCUT2D eigenvalue weighted by atomic mass is 9.70. The molecular weight excluding hydrogens is 622 g/mol. The van der Waals surface area contributed by atoms with Crippen LogP contribution in [0.3, 0.4) is 0 Å². The van der Waals surface area contributed by atoms with Crippen molar-refractivity contribution in [3.8, 4) is 0 Å². The summed E-state index contributed by atoms with van der Waals surface area (Å²) in [6, 6.07) is 16.4. The third-order valence-electron chi connectivity index (χ3n) is 10.1. The van der Waals surface area contributed by atoms with Gasteiger partial charge in [-0.1, -0.05) is 86.2 Å². The lowest BCUT2D eigenvalue weighted by molar-refractivity contribution is -0.151. The number of rotatable bonds is 18. The summed E-state index contributed by atoms with van der Waals surface area (Å²) >= 11 is 0. The quantitative estimate of drug-likeness (QED) is 0.180. The molecule has 3 heterocycles. The van der Waals surface area contributed by atoms with Crippen molar-refractivity contribution in [2.45, 2.75) is 81.7 Å². The lowest BCUT2D eigenvalue weighted by Gasteiger charge is -2.39. The zero-order valence-electron chi connectivity index (χ0n) is 28.4. The summed E-state index contributed by atoms with van der Waals surface area (Å²) in [5.41, 5.74) is 0.436. The summed E-state index contributed by atoms with van der Waals surface area (Å²) in [6.45, 7) is 9.91. The van der Waals surface area contributed by atoms with Crippen LogP contribution in [0.15, 0.2) is 86.0 Å². The first kappa shape index (κ1) is 36.0. The average Bonchev–Trinajstić information content (AvgIpc) is 3.77. The molecule has 0 unspecified atom stereocenters. The number of carbonyl (C=O) groups excluding carboxylic acids is 4. The molecule has 2 aromatic rings. The maximum Gasteiger partial charge on any atom is 0.306 e. The number of ether oxygens (including phenoxy) is 2.